The zero-order chi connectivity index (χ0) is 26.1. The molecule has 3 amide bonds. The second kappa shape index (κ2) is 12.3. The first-order chi connectivity index (χ1) is 17.2. The minimum atomic E-state index is -0.736. The number of rotatable bonds is 11. The van der Waals surface area contributed by atoms with Crippen molar-refractivity contribution in [1.82, 2.24) is 20.6 Å². The summed E-state index contributed by atoms with van der Waals surface area (Å²) in [5.74, 6) is -0.223. The normalized spacial score (nSPS) is 15.4. The predicted octanol–water partition coefficient (Wildman–Crippen LogP) is 0.811. The van der Waals surface area contributed by atoms with Gasteiger partial charge in [-0.1, -0.05) is 12.1 Å². The number of hydrogen-bond donors (Lipinski definition) is 5. The minimum Gasteiger partial charge on any atom is -0.494 e. The van der Waals surface area contributed by atoms with Crippen LogP contribution in [0.25, 0.3) is 0 Å². The van der Waals surface area contributed by atoms with Gasteiger partial charge in [-0.05, 0) is 56.7 Å². The molecule has 1 aromatic carbocycles. The molecule has 1 saturated heterocycles. The number of guanidine groups is 1. The number of nitrogens with one attached hydrogen (secondary N) is 2. The van der Waals surface area contributed by atoms with Crippen LogP contribution in [0.3, 0.4) is 0 Å². The van der Waals surface area contributed by atoms with E-state index in [1.807, 2.05) is 24.3 Å². The van der Waals surface area contributed by atoms with E-state index in [0.29, 0.717) is 31.7 Å². The molecule has 0 saturated carbocycles. The number of aliphatic imine (C=N–C) groups is 1. The number of carbonyl (C=O) groups excluding carboxylic acids is 3. The van der Waals surface area contributed by atoms with Crippen LogP contribution >= 0.6 is 0 Å². The highest BCUT2D eigenvalue weighted by molar-refractivity contribution is 6.06. The van der Waals surface area contributed by atoms with E-state index in [1.165, 1.54) is 0 Å². The molecule has 8 N–H and O–H groups in total. The van der Waals surface area contributed by atoms with Crippen molar-refractivity contribution in [2.75, 3.05) is 24.6 Å². The maximum atomic E-state index is 12.3. The van der Waals surface area contributed by atoms with Gasteiger partial charge in [0.2, 0.25) is 0 Å². The Morgan fingerprint density at radius 1 is 1.14 bits per heavy atom. The Bertz CT molecular complexity index is 1140. The minimum absolute atomic E-state index is 0.0242. The lowest BCUT2D eigenvalue weighted by Gasteiger charge is -2.09. The van der Waals surface area contributed by atoms with Crippen LogP contribution in [0.15, 0.2) is 29.3 Å². The monoisotopic (exact) mass is 498 g/mol. The molecule has 0 aliphatic carbocycles. The summed E-state index contributed by atoms with van der Waals surface area (Å²) in [5.41, 5.74) is 18.6. The highest BCUT2D eigenvalue weighted by atomic mass is 16.6. The lowest BCUT2D eigenvalue weighted by Crippen LogP contribution is -2.38. The summed E-state index contributed by atoms with van der Waals surface area (Å²) in [6.45, 7) is 2.48. The molecule has 13 nitrogen and oxygen atoms in total. The number of nitrogen functional groups attached to an aromatic ring is 2. The van der Waals surface area contributed by atoms with Crippen LogP contribution in [0.1, 0.15) is 47.4 Å². The average Bonchev–Trinajstić information content (AvgIpc) is 3.16. The van der Waals surface area contributed by atoms with Crippen molar-refractivity contribution in [3.05, 3.63) is 41.2 Å². The summed E-state index contributed by atoms with van der Waals surface area (Å²) in [5, 5.41) is 4.55. The standard InChI is InChI=1S/C23H30N8O5/c1-13-18(24)29-19(25)17(28-13)21(33)30-22(26)27-11-3-2-5-14-7-9-15(10-8-14)35-12-4-6-16-20(32)31-23(34)36-16/h7-10,16H,2-6,11-12H2,1H3,(H4,24,25,29)(H,31,32,34)(H3,26,27,30,33). The van der Waals surface area contributed by atoms with Gasteiger partial charge in [-0.3, -0.25) is 25.2 Å². The van der Waals surface area contributed by atoms with Crippen LogP contribution < -0.4 is 32.6 Å². The number of cyclic esters (lactones) is 1. The van der Waals surface area contributed by atoms with Crippen LogP contribution in [0, 0.1) is 6.92 Å². The summed E-state index contributed by atoms with van der Waals surface area (Å²) in [4.78, 5) is 46.8. The Morgan fingerprint density at radius 3 is 2.58 bits per heavy atom. The zero-order valence-electron chi connectivity index (χ0n) is 20.0. The molecule has 0 radical (unpaired) electrons. The van der Waals surface area contributed by atoms with Gasteiger partial charge >= 0.3 is 6.09 Å². The van der Waals surface area contributed by atoms with E-state index in [1.54, 1.807) is 6.92 Å². The van der Waals surface area contributed by atoms with Gasteiger partial charge in [-0.2, -0.15) is 0 Å². The van der Waals surface area contributed by atoms with Crippen molar-refractivity contribution >= 4 is 35.5 Å². The predicted molar refractivity (Wildman–Crippen MR) is 132 cm³/mol. The third-order valence-corrected chi connectivity index (χ3v) is 5.32. The molecule has 2 aromatic rings. The van der Waals surface area contributed by atoms with Gasteiger partial charge in [0.1, 0.15) is 11.6 Å². The van der Waals surface area contributed by atoms with Crippen molar-refractivity contribution in [2.45, 2.75) is 45.1 Å². The number of alkyl carbamates (subject to hydrolysis) is 1. The smallest absolute Gasteiger partial charge is 0.414 e. The first-order valence-corrected chi connectivity index (χ1v) is 11.5. The third kappa shape index (κ3) is 7.55. The number of aryl methyl sites for hydroxylation is 2. The van der Waals surface area contributed by atoms with E-state index in [4.69, 9.17) is 26.7 Å². The molecule has 192 valence electrons. The molecule has 3 rings (SSSR count). The van der Waals surface area contributed by atoms with Gasteiger partial charge in [0, 0.05) is 6.54 Å². The third-order valence-electron chi connectivity index (χ3n) is 5.32. The highest BCUT2D eigenvalue weighted by Gasteiger charge is 2.31. The second-order valence-electron chi connectivity index (χ2n) is 8.12. The van der Waals surface area contributed by atoms with Crippen LogP contribution in [-0.4, -0.2) is 53.1 Å². The van der Waals surface area contributed by atoms with Crippen molar-refractivity contribution in [2.24, 2.45) is 10.7 Å². The molecule has 2 heterocycles. The first-order valence-electron chi connectivity index (χ1n) is 11.5. The number of unbranched alkanes of at least 4 members (excludes halogenated alkanes) is 1. The van der Waals surface area contributed by atoms with Crippen molar-refractivity contribution in [3.63, 3.8) is 0 Å². The van der Waals surface area contributed by atoms with Gasteiger partial charge in [-0.15, -0.1) is 0 Å². The highest BCUT2D eigenvalue weighted by Crippen LogP contribution is 2.16. The van der Waals surface area contributed by atoms with E-state index in [-0.39, 0.29) is 23.3 Å². The number of imide groups is 1. The van der Waals surface area contributed by atoms with E-state index >= 15 is 0 Å². The molecular weight excluding hydrogens is 468 g/mol. The number of benzene rings is 1. The fourth-order valence-corrected chi connectivity index (χ4v) is 3.36. The number of anilines is 2. The number of carbonyl (C=O) groups is 3. The van der Waals surface area contributed by atoms with Crippen molar-refractivity contribution in [1.29, 1.82) is 0 Å². The maximum absolute atomic E-state index is 12.3. The van der Waals surface area contributed by atoms with E-state index < -0.39 is 24.0 Å². The summed E-state index contributed by atoms with van der Waals surface area (Å²) in [6.07, 6.45) is 2.06. The van der Waals surface area contributed by atoms with Crippen LogP contribution in [0.2, 0.25) is 0 Å². The average molecular weight is 499 g/mol. The topological polar surface area (TPSA) is 210 Å². The van der Waals surface area contributed by atoms with Gasteiger partial charge in [0.25, 0.3) is 11.8 Å². The van der Waals surface area contributed by atoms with Gasteiger partial charge in [0.15, 0.2) is 23.6 Å². The molecule has 1 aliphatic heterocycles. The molecule has 36 heavy (non-hydrogen) atoms. The first kappa shape index (κ1) is 26.2. The van der Waals surface area contributed by atoms with Crippen molar-refractivity contribution in [3.8, 4) is 5.75 Å². The fraction of sp³-hybridized carbons (Fsp3) is 0.391. The Hall–Kier alpha value is -4.42. The summed E-state index contributed by atoms with van der Waals surface area (Å²) in [7, 11) is 0. The van der Waals surface area contributed by atoms with Gasteiger partial charge in [-0.25, -0.2) is 14.8 Å². The lowest BCUT2D eigenvalue weighted by molar-refractivity contribution is -0.123. The number of amides is 3. The van der Waals surface area contributed by atoms with Crippen LogP contribution in [0.5, 0.6) is 5.75 Å². The molecule has 13 heteroatoms. The molecule has 1 atom stereocenters. The molecule has 1 fully saturated rings. The number of nitrogens with two attached hydrogens (primary N) is 3. The Kier molecular flexibility index (Phi) is 8.97. The summed E-state index contributed by atoms with van der Waals surface area (Å²) >= 11 is 0. The summed E-state index contributed by atoms with van der Waals surface area (Å²) < 4.78 is 10.5. The Morgan fingerprint density at radius 2 is 1.89 bits per heavy atom. The van der Waals surface area contributed by atoms with Gasteiger partial charge < -0.3 is 26.7 Å². The van der Waals surface area contributed by atoms with Gasteiger partial charge in [0.05, 0.1) is 12.3 Å². The van der Waals surface area contributed by atoms with E-state index in [2.05, 4.69) is 25.6 Å². The van der Waals surface area contributed by atoms with E-state index in [9.17, 15) is 14.4 Å². The fourth-order valence-electron chi connectivity index (χ4n) is 3.36. The summed E-state index contributed by atoms with van der Waals surface area (Å²) in [6, 6.07) is 7.74. The molecule has 1 aliphatic rings. The largest absolute Gasteiger partial charge is 0.494 e. The van der Waals surface area contributed by atoms with Crippen LogP contribution in [0.4, 0.5) is 16.4 Å². The lowest BCUT2D eigenvalue weighted by atomic mass is 10.1. The number of nitrogens with zero attached hydrogens (tertiary/aromatic N) is 3. The number of aromatic nitrogens is 2. The quantitative estimate of drug-likeness (QED) is 0.167. The molecule has 0 spiro atoms. The molecule has 0 bridgehead atoms. The molecular formula is C23H30N8O5. The Balaban J connectivity index is 1.31. The molecule has 1 aromatic heterocycles. The Labute approximate surface area is 207 Å². The number of ether oxygens (including phenoxy) is 2. The molecule has 1 unspecified atom stereocenters. The SMILES string of the molecule is Cc1nc(C(=O)NC(N)=NCCCCc2ccc(OCCCC3OC(=O)NC3=O)cc2)c(N)nc1N. The van der Waals surface area contributed by atoms with Crippen molar-refractivity contribution < 1.29 is 23.9 Å². The van der Waals surface area contributed by atoms with E-state index in [0.717, 1.165) is 30.6 Å². The zero-order valence-corrected chi connectivity index (χ0v) is 20.0. The van der Waals surface area contributed by atoms with Crippen LogP contribution in [-0.2, 0) is 16.0 Å². The maximum Gasteiger partial charge on any atom is 0.414 e. The number of hydrogen-bond acceptors (Lipinski definition) is 10. The second-order valence-corrected chi connectivity index (χ2v) is 8.12.